The minimum Gasteiger partial charge on any atom is -0.446 e. The van der Waals surface area contributed by atoms with Crippen molar-refractivity contribution in [3.63, 3.8) is 0 Å². The minimum absolute atomic E-state index is 0.0750. The average Bonchev–Trinajstić information content (AvgIpc) is 3.32. The number of benzene rings is 1. The summed E-state index contributed by atoms with van der Waals surface area (Å²) < 4.78 is 6.11. The second-order valence-electron chi connectivity index (χ2n) is 12.2. The van der Waals surface area contributed by atoms with Crippen molar-refractivity contribution < 1.29 is 19.4 Å². The fourth-order valence-electron chi connectivity index (χ4n) is 7.60. The van der Waals surface area contributed by atoms with Gasteiger partial charge in [0.25, 0.3) is 0 Å². The molecule has 4 bridgehead atoms. The standard InChI is InChI=1S/C31H38N4O4/c1-31(15-24-17-33-27-7-3-2-6-26(24)27,29(37)34-25(18-36)14-19-5-4-8-32-16-19)35-30(38)39-28-22-10-20-9-21(12-22)13-23(28)11-20/h2-8,16-17,20-23,25,28,33,36H,9-15,18H2,1H3,(H,34,37)(H,35,38)/t20?,21?,22?,23?,25-,28?,31+/m0/s1. The third kappa shape index (κ3) is 5.39. The second kappa shape index (κ2) is 10.6. The number of H-pyrrole nitrogens is 1. The van der Waals surface area contributed by atoms with E-state index in [0.29, 0.717) is 18.3 Å². The molecule has 0 aliphatic heterocycles. The Hall–Kier alpha value is -3.39. The third-order valence-electron chi connectivity index (χ3n) is 9.24. The van der Waals surface area contributed by atoms with Crippen LogP contribution in [0.2, 0.25) is 0 Å². The van der Waals surface area contributed by atoms with Crippen molar-refractivity contribution in [1.29, 1.82) is 0 Å². The molecule has 4 saturated carbocycles. The summed E-state index contributed by atoms with van der Waals surface area (Å²) >= 11 is 0. The van der Waals surface area contributed by atoms with Gasteiger partial charge in [0, 0.05) is 35.9 Å². The zero-order valence-corrected chi connectivity index (χ0v) is 22.4. The van der Waals surface area contributed by atoms with Gasteiger partial charge < -0.3 is 25.5 Å². The highest BCUT2D eigenvalue weighted by atomic mass is 16.6. The van der Waals surface area contributed by atoms with Crippen molar-refractivity contribution in [3.05, 3.63) is 66.1 Å². The number of hydrogen-bond acceptors (Lipinski definition) is 5. The maximum Gasteiger partial charge on any atom is 0.408 e. The quantitative estimate of drug-likeness (QED) is 0.332. The van der Waals surface area contributed by atoms with E-state index in [1.165, 1.54) is 6.42 Å². The van der Waals surface area contributed by atoms with Crippen LogP contribution in [-0.2, 0) is 22.4 Å². The number of aromatic amines is 1. The summed E-state index contributed by atoms with van der Waals surface area (Å²) in [6.45, 7) is 1.50. The maximum absolute atomic E-state index is 13.8. The number of carbonyl (C=O) groups excluding carboxylic acids is 2. The minimum atomic E-state index is -1.30. The van der Waals surface area contributed by atoms with E-state index in [9.17, 15) is 14.7 Å². The van der Waals surface area contributed by atoms with Gasteiger partial charge in [0.1, 0.15) is 11.6 Å². The Morgan fingerprint density at radius 3 is 2.54 bits per heavy atom. The molecule has 7 rings (SSSR count). The molecule has 206 valence electrons. The van der Waals surface area contributed by atoms with Gasteiger partial charge in [-0.15, -0.1) is 0 Å². The Bertz CT molecular complexity index is 1300. The maximum atomic E-state index is 13.8. The van der Waals surface area contributed by atoms with Gasteiger partial charge in [0.15, 0.2) is 0 Å². The smallest absolute Gasteiger partial charge is 0.408 e. The molecule has 8 heteroatoms. The Morgan fingerprint density at radius 1 is 1.10 bits per heavy atom. The van der Waals surface area contributed by atoms with Crippen molar-refractivity contribution in [2.45, 2.75) is 69.6 Å². The molecule has 4 aliphatic rings. The normalized spacial score (nSPS) is 27.6. The Morgan fingerprint density at radius 2 is 1.85 bits per heavy atom. The topological polar surface area (TPSA) is 116 Å². The lowest BCUT2D eigenvalue weighted by Crippen LogP contribution is -2.61. The molecule has 2 amide bonds. The molecule has 4 N–H and O–H groups in total. The van der Waals surface area contributed by atoms with Crippen molar-refractivity contribution in [1.82, 2.24) is 20.6 Å². The number of alkyl carbamates (subject to hydrolysis) is 1. The molecule has 0 saturated heterocycles. The van der Waals surface area contributed by atoms with Gasteiger partial charge in [-0.1, -0.05) is 24.3 Å². The fourth-order valence-corrected chi connectivity index (χ4v) is 7.60. The molecule has 2 atom stereocenters. The molecule has 1 aromatic carbocycles. The number of carbonyl (C=O) groups is 2. The molecular weight excluding hydrogens is 492 g/mol. The summed E-state index contributed by atoms with van der Waals surface area (Å²) in [7, 11) is 0. The van der Waals surface area contributed by atoms with E-state index >= 15 is 0 Å². The summed E-state index contributed by atoms with van der Waals surface area (Å²) in [5.41, 5.74) is 1.50. The number of ether oxygens (including phenoxy) is 1. The molecule has 0 spiro atoms. The van der Waals surface area contributed by atoms with E-state index in [1.807, 2.05) is 42.6 Å². The molecule has 4 fully saturated rings. The first kappa shape index (κ1) is 25.9. The number of aliphatic hydroxyl groups is 1. The molecular formula is C31H38N4O4. The Labute approximate surface area is 228 Å². The van der Waals surface area contributed by atoms with Gasteiger partial charge in [-0.2, -0.15) is 0 Å². The second-order valence-corrected chi connectivity index (χ2v) is 12.2. The van der Waals surface area contributed by atoms with E-state index in [0.717, 1.165) is 59.5 Å². The predicted octanol–water partition coefficient (Wildman–Crippen LogP) is 4.13. The largest absolute Gasteiger partial charge is 0.446 e. The van der Waals surface area contributed by atoms with Crippen molar-refractivity contribution in [3.8, 4) is 0 Å². The number of amides is 2. The number of nitrogens with one attached hydrogen (secondary N) is 3. The van der Waals surface area contributed by atoms with E-state index in [4.69, 9.17) is 4.74 Å². The van der Waals surface area contributed by atoms with Crippen LogP contribution in [0.15, 0.2) is 55.0 Å². The van der Waals surface area contributed by atoms with Gasteiger partial charge in [-0.3, -0.25) is 9.78 Å². The molecule has 2 heterocycles. The number of aliphatic hydroxyl groups excluding tert-OH is 1. The first-order chi connectivity index (χ1) is 18.9. The van der Waals surface area contributed by atoms with Crippen molar-refractivity contribution in [2.75, 3.05) is 6.61 Å². The molecule has 0 radical (unpaired) electrons. The predicted molar refractivity (Wildman–Crippen MR) is 148 cm³/mol. The Kier molecular flexibility index (Phi) is 7.06. The summed E-state index contributed by atoms with van der Waals surface area (Å²) in [6, 6.07) is 11.1. The van der Waals surface area contributed by atoms with E-state index in [1.54, 1.807) is 19.3 Å². The highest BCUT2D eigenvalue weighted by molar-refractivity contribution is 5.91. The number of aromatic nitrogens is 2. The van der Waals surface area contributed by atoms with Crippen LogP contribution in [0.5, 0.6) is 0 Å². The van der Waals surface area contributed by atoms with Crippen LogP contribution in [0.3, 0.4) is 0 Å². The van der Waals surface area contributed by atoms with Crippen LogP contribution in [0, 0.1) is 23.7 Å². The van der Waals surface area contributed by atoms with E-state index in [-0.39, 0.29) is 25.0 Å². The molecule has 3 aromatic rings. The Balaban J connectivity index is 1.20. The lowest BCUT2D eigenvalue weighted by Gasteiger charge is -2.53. The fraction of sp³-hybridized carbons (Fsp3) is 0.516. The van der Waals surface area contributed by atoms with Crippen LogP contribution in [0.4, 0.5) is 4.79 Å². The lowest BCUT2D eigenvalue weighted by molar-refractivity contribution is -0.128. The number of nitrogens with zero attached hydrogens (tertiary/aromatic N) is 1. The first-order valence-corrected chi connectivity index (χ1v) is 14.2. The highest BCUT2D eigenvalue weighted by Gasteiger charge is 2.50. The average molecular weight is 531 g/mol. The van der Waals surface area contributed by atoms with Crippen LogP contribution in [0.25, 0.3) is 10.9 Å². The van der Waals surface area contributed by atoms with Crippen molar-refractivity contribution in [2.24, 2.45) is 23.7 Å². The first-order valence-electron chi connectivity index (χ1n) is 14.2. The van der Waals surface area contributed by atoms with E-state index in [2.05, 4.69) is 20.6 Å². The van der Waals surface area contributed by atoms with Gasteiger partial charge in [-0.25, -0.2) is 4.79 Å². The summed E-state index contributed by atoms with van der Waals surface area (Å²) in [6.07, 6.45) is 11.3. The van der Waals surface area contributed by atoms with Crippen LogP contribution < -0.4 is 10.6 Å². The molecule has 2 aromatic heterocycles. The van der Waals surface area contributed by atoms with Gasteiger partial charge in [0.05, 0.1) is 12.6 Å². The zero-order chi connectivity index (χ0) is 27.0. The molecule has 0 unspecified atom stereocenters. The summed E-state index contributed by atoms with van der Waals surface area (Å²) in [4.78, 5) is 34.7. The number of para-hydroxylation sites is 1. The molecule has 4 aliphatic carbocycles. The van der Waals surface area contributed by atoms with Crippen LogP contribution in [0.1, 0.15) is 50.2 Å². The van der Waals surface area contributed by atoms with Gasteiger partial charge >= 0.3 is 6.09 Å². The van der Waals surface area contributed by atoms with Crippen LogP contribution >= 0.6 is 0 Å². The highest BCUT2D eigenvalue weighted by Crippen LogP contribution is 2.54. The number of rotatable bonds is 9. The van der Waals surface area contributed by atoms with Crippen molar-refractivity contribution >= 4 is 22.9 Å². The third-order valence-corrected chi connectivity index (χ3v) is 9.24. The molecule has 39 heavy (non-hydrogen) atoms. The SMILES string of the molecule is C[C@](Cc1c[nH]c2ccccc12)(NC(=O)OC1C2CC3CC(C2)CC1C3)C(=O)N[C@H](CO)Cc1cccnc1. The monoisotopic (exact) mass is 530 g/mol. The van der Waals surface area contributed by atoms with Crippen LogP contribution in [-0.4, -0.2) is 51.4 Å². The number of pyridine rings is 1. The summed E-state index contributed by atoms with van der Waals surface area (Å²) in [5, 5.41) is 17.0. The molecule has 8 nitrogen and oxygen atoms in total. The zero-order valence-electron chi connectivity index (χ0n) is 22.4. The summed E-state index contributed by atoms with van der Waals surface area (Å²) in [5.74, 6) is 2.06. The lowest BCUT2D eigenvalue weighted by atomic mass is 9.55. The number of fused-ring (bicyclic) bond motifs is 1. The van der Waals surface area contributed by atoms with E-state index < -0.39 is 17.7 Å². The van der Waals surface area contributed by atoms with Gasteiger partial charge in [-0.05, 0) is 92.4 Å². The van der Waals surface area contributed by atoms with Gasteiger partial charge in [0.2, 0.25) is 5.91 Å². The number of hydrogen-bond donors (Lipinski definition) is 4.